The second-order valence-corrected chi connectivity index (χ2v) is 2.19. The molecule has 0 bridgehead atoms. The van der Waals surface area contributed by atoms with Crippen LogP contribution < -0.4 is 0 Å². The fraction of sp³-hybridized carbons (Fsp3) is 0. The molecule has 0 aliphatic carbocycles. The molecule has 0 fully saturated rings. The monoisotopic (exact) mass is 127 g/mol. The zero-order valence-electron chi connectivity index (χ0n) is 2.17. The third-order valence-electron chi connectivity index (χ3n) is 0. The minimum absolute atomic E-state index is 0. The molecule has 0 heterocycles. The van der Waals surface area contributed by atoms with Crippen LogP contribution in [0.3, 0.4) is 0 Å². The Bertz CT molecular complexity index is 27.0. The Morgan fingerprint density at radius 2 is 1.25 bits per heavy atom. The van der Waals surface area contributed by atoms with E-state index in [1.165, 1.54) is 0 Å². The second kappa shape index (κ2) is 8.82. The Balaban J connectivity index is 0. The fourth-order valence-electron chi connectivity index (χ4n) is 0. The van der Waals surface area contributed by atoms with Gasteiger partial charge in [0.1, 0.15) is 0 Å². The molecular formula is FeLiS2. The Labute approximate surface area is 51.4 Å². The topological polar surface area (TPSA) is 0 Å². The van der Waals surface area contributed by atoms with Crippen LogP contribution in [0.25, 0.3) is 0 Å². The average Bonchev–Trinajstić information content (AvgIpc) is 0.918. The molecule has 0 aliphatic heterocycles. The number of rotatable bonds is 0. The van der Waals surface area contributed by atoms with Crippen LogP contribution in [0.4, 0.5) is 0 Å². The van der Waals surface area contributed by atoms with Crippen molar-refractivity contribution in [1.82, 2.24) is 0 Å². The maximum absolute atomic E-state index is 4.21. The molecule has 0 N–H and O–H groups in total. The maximum atomic E-state index is 4.21. The van der Waals surface area contributed by atoms with Crippen LogP contribution in [0.2, 0.25) is 0 Å². The average molecular weight is 127 g/mol. The summed E-state index contributed by atoms with van der Waals surface area (Å²) in [6, 6.07) is 0. The van der Waals surface area contributed by atoms with Crippen molar-refractivity contribution in [3.05, 3.63) is 0 Å². The molecule has 0 aromatic rings. The summed E-state index contributed by atoms with van der Waals surface area (Å²) in [5.41, 5.74) is 0. The first kappa shape index (κ1) is 9.12. The predicted molar refractivity (Wildman–Crippen MR) is 20.9 cm³/mol. The minimum atomic E-state index is 0. The van der Waals surface area contributed by atoms with Crippen molar-refractivity contribution in [2.75, 3.05) is 0 Å². The van der Waals surface area contributed by atoms with Crippen LogP contribution in [0.5, 0.6) is 0 Å². The molecule has 0 amide bonds. The van der Waals surface area contributed by atoms with E-state index in [9.17, 15) is 0 Å². The second-order valence-electron chi connectivity index (χ2n) is 0.0589. The van der Waals surface area contributed by atoms with Gasteiger partial charge in [0.05, 0.1) is 0 Å². The van der Waals surface area contributed by atoms with Gasteiger partial charge in [-0.15, -0.1) is 0 Å². The first-order chi connectivity index (χ1) is 1.41. The van der Waals surface area contributed by atoms with Gasteiger partial charge in [-0.05, 0) is 0 Å². The Morgan fingerprint density at radius 3 is 1.25 bits per heavy atom. The third-order valence-corrected chi connectivity index (χ3v) is 0. The van der Waals surface area contributed by atoms with Crippen molar-refractivity contribution in [3.8, 4) is 0 Å². The zero-order chi connectivity index (χ0) is 2.71. The van der Waals surface area contributed by atoms with Gasteiger partial charge in [-0.2, -0.15) is 0 Å². The van der Waals surface area contributed by atoms with Gasteiger partial charge in [0.2, 0.25) is 0 Å². The Hall–Kier alpha value is 1.56. The quantitative estimate of drug-likeness (QED) is 0.443. The molecular weight excluding hydrogens is 127 g/mol. The van der Waals surface area contributed by atoms with E-state index in [2.05, 4.69) is 21.1 Å². The molecule has 0 nitrogen and oxygen atoms in total. The van der Waals surface area contributed by atoms with E-state index in [-0.39, 0.29) is 18.9 Å². The summed E-state index contributed by atoms with van der Waals surface area (Å²) < 4.78 is 0. The molecule has 0 rings (SSSR count). The molecule has 0 aromatic heterocycles. The van der Waals surface area contributed by atoms with Gasteiger partial charge in [-0.3, -0.25) is 0 Å². The molecule has 0 saturated heterocycles. The van der Waals surface area contributed by atoms with Gasteiger partial charge in [0, 0.05) is 18.9 Å². The summed E-state index contributed by atoms with van der Waals surface area (Å²) in [5.74, 6) is 0. The molecule has 4 heteroatoms. The van der Waals surface area contributed by atoms with Crippen LogP contribution in [0, 0.1) is 0 Å². The molecule has 4 heavy (non-hydrogen) atoms. The number of hydrogen-bond acceptors (Lipinski definition) is 2. The summed E-state index contributed by atoms with van der Waals surface area (Å²) in [4.78, 5) is 0. The van der Waals surface area contributed by atoms with E-state index in [0.717, 1.165) is 0 Å². The van der Waals surface area contributed by atoms with Crippen molar-refractivity contribution in [1.29, 1.82) is 0 Å². The van der Waals surface area contributed by atoms with Crippen LogP contribution in [0.1, 0.15) is 0 Å². The molecule has 0 unspecified atom stereocenters. The van der Waals surface area contributed by atoms with Crippen molar-refractivity contribution in [2.45, 2.75) is 0 Å². The fourth-order valence-corrected chi connectivity index (χ4v) is 0. The standard InChI is InChI=1S/Fe.Li.2S. The van der Waals surface area contributed by atoms with Gasteiger partial charge in [-0.25, -0.2) is 0 Å². The zero-order valence-corrected chi connectivity index (χ0v) is 4.91. The summed E-state index contributed by atoms with van der Waals surface area (Å²) in [6.07, 6.45) is 0. The molecule has 0 aliphatic rings. The molecule has 0 atom stereocenters. The van der Waals surface area contributed by atoms with Gasteiger partial charge in [0.15, 0.2) is 0 Å². The molecule has 0 spiro atoms. The van der Waals surface area contributed by atoms with Crippen molar-refractivity contribution < 1.29 is 11.7 Å². The van der Waals surface area contributed by atoms with Crippen LogP contribution in [-0.2, 0) is 11.7 Å². The van der Waals surface area contributed by atoms with E-state index in [1.54, 1.807) is 0 Å². The van der Waals surface area contributed by atoms with E-state index in [1.807, 2.05) is 0 Å². The van der Waals surface area contributed by atoms with Crippen molar-refractivity contribution in [3.63, 3.8) is 0 Å². The first-order valence-corrected chi connectivity index (χ1v) is 3.57. The predicted octanol–water partition coefficient (Wildman–Crippen LogP) is 0.913. The SMILES string of the molecule is [Li].[S]=[Fe]=[S]. The normalized spacial score (nSPS) is 4.00. The van der Waals surface area contributed by atoms with E-state index >= 15 is 0 Å². The van der Waals surface area contributed by atoms with Crippen LogP contribution in [0.15, 0.2) is 0 Å². The molecule has 0 aromatic carbocycles. The summed E-state index contributed by atoms with van der Waals surface area (Å²) in [7, 11) is 8.42. The van der Waals surface area contributed by atoms with Gasteiger partial charge >= 0.3 is 32.8 Å². The van der Waals surface area contributed by atoms with Crippen molar-refractivity contribution in [2.24, 2.45) is 0 Å². The molecule has 21 valence electrons. The van der Waals surface area contributed by atoms with E-state index < -0.39 is 0 Å². The van der Waals surface area contributed by atoms with Gasteiger partial charge in [-0.1, -0.05) is 0 Å². The van der Waals surface area contributed by atoms with E-state index in [0.29, 0.717) is 11.7 Å². The Morgan fingerprint density at radius 1 is 1.25 bits per heavy atom. The molecule has 1 radical (unpaired) electrons. The van der Waals surface area contributed by atoms with Crippen molar-refractivity contribution >= 4 is 40.0 Å². The van der Waals surface area contributed by atoms with Crippen LogP contribution >= 0.6 is 21.1 Å². The first-order valence-electron chi connectivity index (χ1n) is 0.289. The Kier molecular flexibility index (Phi) is 20.1. The van der Waals surface area contributed by atoms with Gasteiger partial charge < -0.3 is 0 Å². The third kappa shape index (κ3) is 9.59. The molecule has 0 saturated carbocycles. The summed E-state index contributed by atoms with van der Waals surface area (Å²) >= 11 is 0.417. The van der Waals surface area contributed by atoms with Crippen LogP contribution in [-0.4, -0.2) is 18.9 Å². The summed E-state index contributed by atoms with van der Waals surface area (Å²) in [6.45, 7) is 0. The number of hydrogen-bond donors (Lipinski definition) is 0. The van der Waals surface area contributed by atoms with Gasteiger partial charge in [0.25, 0.3) is 0 Å². The van der Waals surface area contributed by atoms with E-state index in [4.69, 9.17) is 0 Å². The summed E-state index contributed by atoms with van der Waals surface area (Å²) in [5, 5.41) is 0.